The molecule has 0 spiro atoms. The van der Waals surface area contributed by atoms with Crippen LogP contribution >= 0.6 is 46.4 Å². The van der Waals surface area contributed by atoms with Gasteiger partial charge in [0.1, 0.15) is 0 Å². The first-order valence-corrected chi connectivity index (χ1v) is 15.8. The number of aryl methyl sites for hydroxylation is 2. The zero-order valence-corrected chi connectivity index (χ0v) is 29.5. The van der Waals surface area contributed by atoms with Crippen molar-refractivity contribution >= 4 is 58.5 Å². The molecule has 4 aromatic rings. The lowest BCUT2D eigenvalue weighted by molar-refractivity contribution is -0.138. The lowest BCUT2D eigenvalue weighted by Gasteiger charge is -2.11. The van der Waals surface area contributed by atoms with Crippen LogP contribution in [0.25, 0.3) is 0 Å². The molecule has 0 aliphatic rings. The molecular formula is C30H28Cl4F6N6O4. The van der Waals surface area contributed by atoms with Crippen molar-refractivity contribution in [2.45, 2.75) is 52.9 Å². The van der Waals surface area contributed by atoms with Crippen LogP contribution in [-0.2, 0) is 30.0 Å². The van der Waals surface area contributed by atoms with Gasteiger partial charge < -0.3 is 14.8 Å². The van der Waals surface area contributed by atoms with Gasteiger partial charge in [0.2, 0.25) is 17.8 Å². The summed E-state index contributed by atoms with van der Waals surface area (Å²) in [6.45, 7) is 8.22. The van der Waals surface area contributed by atoms with E-state index in [1.54, 1.807) is 19.9 Å². The summed E-state index contributed by atoms with van der Waals surface area (Å²) in [7, 11) is 0. The lowest BCUT2D eigenvalue weighted by Crippen LogP contribution is -2.30. The van der Waals surface area contributed by atoms with E-state index in [0.717, 1.165) is 22.5 Å². The molecule has 10 nitrogen and oxygen atoms in total. The highest BCUT2D eigenvalue weighted by atomic mass is 35.5. The molecule has 0 aliphatic carbocycles. The first-order chi connectivity index (χ1) is 23.4. The Kier molecular flexibility index (Phi) is 15.9. The standard InChI is InChI=1S/C15H14Cl2F3N3O2.C12H9Cl2F3N2O.C3H5NO/c1-3-9-7-12(22-23(9)14(24)21-4-2)25-13-10(16)5-8(6-11(13)17)15(18,19)20;1-2-7-5-10(19-18-7)20-11-8(13)3-6(4-9(11)14)12(15,16)17;1-2-4-3-5/h5-7H,3-4H2,1-2H3,(H,21,24);3-5H,2H2,1H3,(H,18,19);2H2,1H3. The highest BCUT2D eigenvalue weighted by Crippen LogP contribution is 2.43. The van der Waals surface area contributed by atoms with Crippen molar-refractivity contribution in [2.24, 2.45) is 4.99 Å². The van der Waals surface area contributed by atoms with Crippen LogP contribution in [0.1, 0.15) is 50.2 Å². The molecule has 2 aromatic heterocycles. The smallest absolute Gasteiger partial charge is 0.416 e. The third-order valence-corrected chi connectivity index (χ3v) is 7.04. The quantitative estimate of drug-likeness (QED) is 0.104. The normalized spacial score (nSPS) is 11.0. The number of aromatic nitrogens is 4. The van der Waals surface area contributed by atoms with Crippen molar-refractivity contribution < 1.29 is 45.4 Å². The van der Waals surface area contributed by atoms with Crippen molar-refractivity contribution in [3.05, 3.63) is 79.0 Å². The van der Waals surface area contributed by atoms with E-state index in [2.05, 4.69) is 25.6 Å². The van der Waals surface area contributed by atoms with E-state index in [1.807, 2.05) is 13.8 Å². The Morgan fingerprint density at radius 2 is 1.30 bits per heavy atom. The highest BCUT2D eigenvalue weighted by Gasteiger charge is 2.33. The van der Waals surface area contributed by atoms with Gasteiger partial charge in [-0.2, -0.15) is 31.0 Å². The maximum absolute atomic E-state index is 12.8. The van der Waals surface area contributed by atoms with Gasteiger partial charge in [-0.1, -0.05) is 60.3 Å². The summed E-state index contributed by atoms with van der Waals surface area (Å²) >= 11 is 23.3. The Balaban J connectivity index is 0.000000311. The zero-order valence-electron chi connectivity index (χ0n) is 26.5. The van der Waals surface area contributed by atoms with Crippen LogP contribution in [0.3, 0.4) is 0 Å². The second-order valence-electron chi connectivity index (χ2n) is 9.46. The summed E-state index contributed by atoms with van der Waals surface area (Å²) in [5.74, 6) is -0.0490. The fraction of sp³-hybridized carbons (Fsp3) is 0.333. The number of rotatable bonds is 8. The van der Waals surface area contributed by atoms with Gasteiger partial charge in [0.15, 0.2) is 11.5 Å². The van der Waals surface area contributed by atoms with Gasteiger partial charge in [-0.3, -0.25) is 5.10 Å². The summed E-state index contributed by atoms with van der Waals surface area (Å²) in [6.07, 6.45) is -6.51. The molecule has 0 fully saturated rings. The predicted molar refractivity (Wildman–Crippen MR) is 176 cm³/mol. The minimum absolute atomic E-state index is 0.00772. The molecule has 50 heavy (non-hydrogen) atoms. The minimum atomic E-state index is -4.58. The van der Waals surface area contributed by atoms with Crippen LogP contribution in [0.2, 0.25) is 20.1 Å². The molecule has 272 valence electrons. The number of aliphatic imine (C=N–C) groups is 1. The first kappa shape index (κ1) is 42.2. The van der Waals surface area contributed by atoms with Crippen molar-refractivity contribution in [1.29, 1.82) is 0 Å². The van der Waals surface area contributed by atoms with Gasteiger partial charge in [-0.25, -0.2) is 14.6 Å². The molecule has 2 aromatic carbocycles. The highest BCUT2D eigenvalue weighted by molar-refractivity contribution is 6.37. The summed E-state index contributed by atoms with van der Waals surface area (Å²) in [5, 5.41) is 12.0. The Morgan fingerprint density at radius 3 is 1.64 bits per heavy atom. The largest absolute Gasteiger partial charge is 0.434 e. The molecule has 1 amide bonds. The van der Waals surface area contributed by atoms with E-state index >= 15 is 0 Å². The summed E-state index contributed by atoms with van der Waals surface area (Å²) in [5.41, 5.74) is -0.549. The Morgan fingerprint density at radius 1 is 0.820 bits per heavy atom. The van der Waals surface area contributed by atoms with E-state index in [-0.39, 0.29) is 43.3 Å². The number of hydrogen-bond acceptors (Lipinski definition) is 7. The number of ether oxygens (including phenoxy) is 2. The number of carbonyl (C=O) groups is 1. The number of nitrogens with one attached hydrogen (secondary N) is 2. The van der Waals surface area contributed by atoms with Crippen LogP contribution in [0.4, 0.5) is 31.1 Å². The Hall–Kier alpha value is -3.95. The third-order valence-electron chi connectivity index (χ3n) is 5.92. The van der Waals surface area contributed by atoms with Crippen molar-refractivity contribution in [1.82, 2.24) is 25.3 Å². The number of isocyanates is 1. The summed E-state index contributed by atoms with van der Waals surface area (Å²) in [4.78, 5) is 24.2. The molecule has 0 bridgehead atoms. The van der Waals surface area contributed by atoms with Crippen molar-refractivity contribution in [2.75, 3.05) is 13.1 Å². The lowest BCUT2D eigenvalue weighted by atomic mass is 10.2. The van der Waals surface area contributed by atoms with Gasteiger partial charge in [0, 0.05) is 30.9 Å². The Labute approximate surface area is 301 Å². The molecule has 0 saturated heterocycles. The zero-order chi connectivity index (χ0) is 37.8. The number of hydrogen-bond donors (Lipinski definition) is 2. The number of carbonyl (C=O) groups excluding carboxylic acids is 2. The average Bonchev–Trinajstić information content (AvgIpc) is 3.67. The van der Waals surface area contributed by atoms with Gasteiger partial charge in [-0.15, -0.1) is 10.2 Å². The summed E-state index contributed by atoms with van der Waals surface area (Å²) < 4.78 is 87.8. The molecule has 20 heteroatoms. The monoisotopic (exact) mass is 790 g/mol. The fourth-order valence-corrected chi connectivity index (χ4v) is 4.72. The molecule has 0 unspecified atom stereocenters. The Bertz CT molecular complexity index is 1760. The molecule has 4 rings (SSSR count). The third kappa shape index (κ3) is 12.1. The van der Waals surface area contributed by atoms with Crippen molar-refractivity contribution in [3.8, 4) is 23.3 Å². The maximum Gasteiger partial charge on any atom is 0.416 e. The first-order valence-electron chi connectivity index (χ1n) is 14.3. The number of alkyl halides is 6. The van der Waals surface area contributed by atoms with Crippen molar-refractivity contribution in [3.63, 3.8) is 0 Å². The number of nitrogens with zero attached hydrogens (tertiary/aromatic N) is 4. The maximum atomic E-state index is 12.8. The van der Waals surface area contributed by atoms with Gasteiger partial charge in [0.05, 0.1) is 36.9 Å². The van der Waals surface area contributed by atoms with E-state index in [0.29, 0.717) is 43.8 Å². The minimum Gasteiger partial charge on any atom is -0.434 e. The topological polar surface area (TPSA) is 123 Å². The molecule has 2 heterocycles. The number of aromatic amines is 1. The number of amides is 1. The molecule has 0 atom stereocenters. The van der Waals surface area contributed by atoms with Crippen LogP contribution in [-0.4, -0.2) is 45.2 Å². The van der Waals surface area contributed by atoms with Crippen LogP contribution in [0, 0.1) is 0 Å². The van der Waals surface area contributed by atoms with Gasteiger partial charge in [0.25, 0.3) is 0 Å². The van der Waals surface area contributed by atoms with Gasteiger partial charge in [-0.05, 0) is 51.0 Å². The summed E-state index contributed by atoms with van der Waals surface area (Å²) in [6, 6.07) is 5.60. The second kappa shape index (κ2) is 18.9. The van der Waals surface area contributed by atoms with Gasteiger partial charge >= 0.3 is 18.4 Å². The number of benzene rings is 2. The average molecular weight is 792 g/mol. The second-order valence-corrected chi connectivity index (χ2v) is 11.1. The number of halogens is 10. The molecule has 0 aliphatic heterocycles. The number of H-pyrrole nitrogens is 1. The molecule has 0 radical (unpaired) electrons. The molecular weight excluding hydrogens is 764 g/mol. The molecule has 2 N–H and O–H groups in total. The molecule has 0 saturated carbocycles. The van der Waals surface area contributed by atoms with E-state index in [1.165, 1.54) is 12.1 Å². The van der Waals surface area contributed by atoms with E-state index in [4.69, 9.17) is 60.7 Å². The van der Waals surface area contributed by atoms with Crippen LogP contribution < -0.4 is 14.8 Å². The van der Waals surface area contributed by atoms with E-state index < -0.39 is 29.5 Å². The van der Waals surface area contributed by atoms with E-state index in [9.17, 15) is 31.1 Å². The van der Waals surface area contributed by atoms with Crippen LogP contribution in [0.5, 0.6) is 23.3 Å². The van der Waals surface area contributed by atoms with Crippen LogP contribution in [0.15, 0.2) is 41.4 Å². The SMILES string of the molecule is CCN=C=O.CCNC(=O)n1nc(Oc2c(Cl)cc(C(F)(F)F)cc2Cl)cc1CC.CCc1cc(Oc2c(Cl)cc(C(F)(F)F)cc2Cl)n[nH]1. The fourth-order valence-electron chi connectivity index (χ4n) is 3.59. The predicted octanol–water partition coefficient (Wildman–Crippen LogP) is 10.6.